The zero-order valence-corrected chi connectivity index (χ0v) is 24.2. The second kappa shape index (κ2) is 12.8. The van der Waals surface area contributed by atoms with Gasteiger partial charge in [0, 0.05) is 65.9 Å². The van der Waals surface area contributed by atoms with Crippen LogP contribution in [0.4, 0.5) is 17.1 Å². The number of anilines is 3. The number of nitrogens with one attached hydrogen (secondary N) is 4. The molecule has 1 saturated heterocycles. The number of carbonyl (C=O) groups excluding carboxylic acids is 4. The van der Waals surface area contributed by atoms with Crippen LogP contribution in [0.5, 0.6) is 0 Å². The molecule has 0 spiro atoms. The second-order valence-electron chi connectivity index (χ2n) is 10.3. The predicted molar refractivity (Wildman–Crippen MR) is 158 cm³/mol. The zero-order chi connectivity index (χ0) is 30.5. The fourth-order valence-corrected chi connectivity index (χ4v) is 4.81. The predicted octanol–water partition coefficient (Wildman–Crippen LogP) is 2.11. The highest BCUT2D eigenvalue weighted by Gasteiger charge is 2.19. The van der Waals surface area contributed by atoms with E-state index in [4.69, 9.17) is 9.15 Å². The van der Waals surface area contributed by atoms with Gasteiger partial charge in [0.25, 0.3) is 23.6 Å². The molecule has 0 radical (unpaired) electrons. The topological polar surface area (TPSA) is 157 Å². The highest BCUT2D eigenvalue weighted by molar-refractivity contribution is 6.08. The normalized spacial score (nSPS) is 13.5. The van der Waals surface area contributed by atoms with E-state index in [9.17, 15) is 19.2 Å². The number of aromatic nitrogens is 3. The number of rotatable bonds is 10. The van der Waals surface area contributed by atoms with E-state index in [1.807, 2.05) is 0 Å². The van der Waals surface area contributed by atoms with Crippen molar-refractivity contribution in [1.29, 1.82) is 0 Å². The molecular weight excluding hydrogens is 556 g/mol. The van der Waals surface area contributed by atoms with E-state index in [1.54, 1.807) is 71.6 Å². The fraction of sp³-hybridized carbons (Fsp3) is 0.310. The molecule has 0 aliphatic carbocycles. The van der Waals surface area contributed by atoms with E-state index < -0.39 is 11.8 Å². The number of nitrogens with zero attached hydrogens (tertiary/aromatic N) is 4. The van der Waals surface area contributed by atoms with Gasteiger partial charge in [-0.15, -0.1) is 0 Å². The summed E-state index contributed by atoms with van der Waals surface area (Å²) >= 11 is 0. The smallest absolute Gasteiger partial charge is 0.272 e. The van der Waals surface area contributed by atoms with Gasteiger partial charge >= 0.3 is 0 Å². The summed E-state index contributed by atoms with van der Waals surface area (Å²) < 4.78 is 15.1. The van der Waals surface area contributed by atoms with Crippen LogP contribution in [0.25, 0.3) is 0 Å². The van der Waals surface area contributed by atoms with Crippen molar-refractivity contribution in [2.45, 2.75) is 0 Å². The van der Waals surface area contributed by atoms with Crippen molar-refractivity contribution in [2.75, 3.05) is 55.3 Å². The molecule has 0 saturated carbocycles. The van der Waals surface area contributed by atoms with Crippen LogP contribution in [0.15, 0.2) is 59.8 Å². The number of furan rings is 1. The third-order valence-corrected chi connectivity index (χ3v) is 7.09. The molecule has 0 unspecified atom stereocenters. The Kier molecular flexibility index (Phi) is 8.78. The molecule has 0 bridgehead atoms. The summed E-state index contributed by atoms with van der Waals surface area (Å²) in [5.41, 5.74) is 2.70. The average Bonchev–Trinajstić information content (AvgIpc) is 3.77. The van der Waals surface area contributed by atoms with Crippen molar-refractivity contribution in [3.8, 4) is 0 Å². The van der Waals surface area contributed by atoms with Gasteiger partial charge in [-0.2, -0.15) is 0 Å². The lowest BCUT2D eigenvalue weighted by molar-refractivity contribution is 0.0383. The van der Waals surface area contributed by atoms with Gasteiger partial charge in [0.05, 0.1) is 42.1 Å². The van der Waals surface area contributed by atoms with Crippen molar-refractivity contribution in [3.63, 3.8) is 0 Å². The first-order chi connectivity index (χ1) is 20.7. The van der Waals surface area contributed by atoms with E-state index >= 15 is 0 Å². The Morgan fingerprint density at radius 2 is 1.21 bits per heavy atom. The molecule has 14 heteroatoms. The van der Waals surface area contributed by atoms with Gasteiger partial charge in [-0.05, 0) is 24.3 Å². The summed E-state index contributed by atoms with van der Waals surface area (Å²) in [5, 5.41) is 11.3. The molecule has 1 aliphatic rings. The van der Waals surface area contributed by atoms with Crippen molar-refractivity contribution in [1.82, 2.24) is 23.9 Å². The minimum absolute atomic E-state index is 0.231. The maximum atomic E-state index is 13.1. The van der Waals surface area contributed by atoms with Gasteiger partial charge in [-0.3, -0.25) is 24.1 Å². The summed E-state index contributed by atoms with van der Waals surface area (Å²) in [5.74, 6) is -1.42. The van der Waals surface area contributed by atoms with Crippen molar-refractivity contribution < 1.29 is 28.3 Å². The maximum absolute atomic E-state index is 13.1. The Morgan fingerprint density at radius 1 is 0.721 bits per heavy atom. The van der Waals surface area contributed by atoms with Crippen LogP contribution in [0.1, 0.15) is 41.8 Å². The summed E-state index contributed by atoms with van der Waals surface area (Å²) in [6.07, 6.45) is 7.64. The zero-order valence-electron chi connectivity index (χ0n) is 24.2. The molecule has 4 amide bonds. The Bertz CT molecular complexity index is 1620. The van der Waals surface area contributed by atoms with Crippen LogP contribution in [-0.4, -0.2) is 81.6 Å². The average molecular weight is 591 g/mol. The number of ether oxygens (including phenoxy) is 1. The van der Waals surface area contributed by atoms with Crippen LogP contribution in [-0.2, 0) is 25.9 Å². The number of aryl methyl sites for hydroxylation is 3. The highest BCUT2D eigenvalue weighted by atomic mass is 16.5. The first kappa shape index (κ1) is 29.4. The quantitative estimate of drug-likeness (QED) is 0.220. The molecule has 5 heterocycles. The van der Waals surface area contributed by atoms with Gasteiger partial charge in [0.15, 0.2) is 0 Å². The van der Waals surface area contributed by atoms with Crippen LogP contribution in [0, 0.1) is 0 Å². The summed E-state index contributed by atoms with van der Waals surface area (Å²) in [4.78, 5) is 53.3. The molecule has 4 aromatic heterocycles. The Morgan fingerprint density at radius 3 is 1.70 bits per heavy atom. The first-order valence-electron chi connectivity index (χ1n) is 13.7. The lowest BCUT2D eigenvalue weighted by Crippen LogP contribution is -2.41. The summed E-state index contributed by atoms with van der Waals surface area (Å²) in [7, 11) is 5.11. The number of morpholine rings is 1. The van der Waals surface area contributed by atoms with E-state index in [1.165, 1.54) is 18.6 Å². The van der Waals surface area contributed by atoms with Gasteiger partial charge in [-0.25, -0.2) is 0 Å². The fourth-order valence-electron chi connectivity index (χ4n) is 4.81. The maximum Gasteiger partial charge on any atom is 0.272 e. The minimum atomic E-state index is -0.420. The van der Waals surface area contributed by atoms with Crippen molar-refractivity contribution >= 4 is 40.7 Å². The van der Waals surface area contributed by atoms with Crippen molar-refractivity contribution in [3.05, 3.63) is 78.0 Å². The Balaban J connectivity index is 1.17. The van der Waals surface area contributed by atoms with E-state index in [2.05, 4.69) is 26.2 Å². The molecule has 4 N–H and O–H groups in total. The molecule has 1 fully saturated rings. The highest BCUT2D eigenvalue weighted by Crippen LogP contribution is 2.20. The third kappa shape index (κ3) is 7.05. The number of hydrogen-bond donors (Lipinski definition) is 4. The molecule has 0 atom stereocenters. The first-order valence-corrected chi connectivity index (χ1v) is 13.7. The molecule has 5 rings (SSSR count). The van der Waals surface area contributed by atoms with Crippen LogP contribution >= 0.6 is 0 Å². The van der Waals surface area contributed by atoms with Crippen molar-refractivity contribution in [2.24, 2.45) is 21.1 Å². The molecule has 226 valence electrons. The van der Waals surface area contributed by atoms with Gasteiger partial charge < -0.3 is 44.1 Å². The lowest BCUT2D eigenvalue weighted by Gasteiger charge is -2.26. The molecule has 4 aromatic rings. The van der Waals surface area contributed by atoms with Gasteiger partial charge in [-0.1, -0.05) is 0 Å². The SMILES string of the molecule is Cn1cc(NC(=O)c2cc(NC(=O)c3cc(NC(=O)c4ccoc4)cn3C)cn2C)cc1C(=O)NCCN1CCOCC1. The lowest BCUT2D eigenvalue weighted by atomic mass is 10.3. The Labute approximate surface area is 247 Å². The van der Waals surface area contributed by atoms with Gasteiger partial charge in [0.1, 0.15) is 23.3 Å². The Hall–Kier alpha value is -5.08. The van der Waals surface area contributed by atoms with Crippen LogP contribution < -0.4 is 21.3 Å². The number of hydrogen-bond acceptors (Lipinski definition) is 7. The second-order valence-corrected chi connectivity index (χ2v) is 10.3. The number of amides is 4. The minimum Gasteiger partial charge on any atom is -0.472 e. The molecule has 43 heavy (non-hydrogen) atoms. The van der Waals surface area contributed by atoms with E-state index in [-0.39, 0.29) is 11.8 Å². The largest absolute Gasteiger partial charge is 0.472 e. The van der Waals surface area contributed by atoms with Gasteiger partial charge in [0.2, 0.25) is 0 Å². The summed E-state index contributed by atoms with van der Waals surface area (Å²) in [6.45, 7) is 4.34. The molecule has 1 aliphatic heterocycles. The standard InChI is InChI=1S/C29H34N8O6/c1-34-16-21(12-23(34)27(39)30-5-6-37-7-10-42-11-8-37)32-29(41)25-14-22(17-36(25)3)33-28(40)24-13-20(15-35(24)2)31-26(38)19-4-9-43-18-19/h4,9,12-18H,5-8,10-11H2,1-3H3,(H,30,39)(H,31,38)(H,32,41)(H,33,40). The monoisotopic (exact) mass is 590 g/mol. The molecular formula is C29H34N8O6. The van der Waals surface area contributed by atoms with Crippen LogP contribution in [0.2, 0.25) is 0 Å². The molecule has 14 nitrogen and oxygen atoms in total. The number of carbonyl (C=O) groups is 4. The van der Waals surface area contributed by atoms with E-state index in [0.29, 0.717) is 59.5 Å². The molecule has 0 aromatic carbocycles. The van der Waals surface area contributed by atoms with E-state index in [0.717, 1.165) is 19.6 Å². The third-order valence-electron chi connectivity index (χ3n) is 7.09. The summed E-state index contributed by atoms with van der Waals surface area (Å²) in [6, 6.07) is 6.26. The van der Waals surface area contributed by atoms with Crippen LogP contribution in [0.3, 0.4) is 0 Å².